The second-order valence-electron chi connectivity index (χ2n) is 3.48. The van der Waals surface area contributed by atoms with Gasteiger partial charge in [-0.3, -0.25) is 4.79 Å². The molecule has 0 fully saturated rings. The molecule has 0 spiro atoms. The molecule has 0 bridgehead atoms. The molecular weight excluding hydrogens is 226 g/mol. The fraction of sp³-hybridized carbons (Fsp3) is 0.300. The van der Waals surface area contributed by atoms with Crippen LogP contribution in [0, 0.1) is 5.82 Å². The smallest absolute Gasteiger partial charge is 0.304 e. The van der Waals surface area contributed by atoms with Gasteiger partial charge in [-0.05, 0) is 30.2 Å². The maximum Gasteiger partial charge on any atom is 0.471 e. The Morgan fingerprint density at radius 1 is 1.31 bits per heavy atom. The number of benzene rings is 1. The van der Waals surface area contributed by atoms with Crippen LogP contribution in [-0.2, 0) is 11.2 Å². The molecule has 0 saturated heterocycles. The van der Waals surface area contributed by atoms with Gasteiger partial charge in [0.05, 0.1) is 0 Å². The number of alkyl halides is 3. The standard InChI is InChI=1S/C10H7F4NO/c11-7-1-2-8-6(5-7)3-4-15(8)9(16)10(12,13)14/h1-2,5H,3-4H2. The third-order valence-corrected chi connectivity index (χ3v) is 2.42. The molecule has 6 heteroatoms. The minimum absolute atomic E-state index is 0.0584. The molecule has 2 rings (SSSR count). The lowest BCUT2D eigenvalue weighted by Gasteiger charge is -2.18. The van der Waals surface area contributed by atoms with Crippen LogP contribution in [0.3, 0.4) is 0 Å². The number of fused-ring (bicyclic) bond motifs is 1. The van der Waals surface area contributed by atoms with Crippen molar-refractivity contribution >= 4 is 11.6 Å². The van der Waals surface area contributed by atoms with Crippen LogP contribution in [0.25, 0.3) is 0 Å². The third-order valence-electron chi connectivity index (χ3n) is 2.42. The van der Waals surface area contributed by atoms with Gasteiger partial charge in [-0.2, -0.15) is 13.2 Å². The lowest BCUT2D eigenvalue weighted by molar-refractivity contribution is -0.170. The lowest BCUT2D eigenvalue weighted by Crippen LogP contribution is -2.40. The molecule has 1 heterocycles. The number of anilines is 1. The zero-order valence-electron chi connectivity index (χ0n) is 8.01. The molecule has 1 amide bonds. The monoisotopic (exact) mass is 233 g/mol. The van der Waals surface area contributed by atoms with Crippen molar-refractivity contribution < 1.29 is 22.4 Å². The summed E-state index contributed by atoms with van der Waals surface area (Å²) < 4.78 is 49.4. The van der Waals surface area contributed by atoms with Gasteiger partial charge in [0.1, 0.15) is 5.82 Å². The highest BCUT2D eigenvalue weighted by Gasteiger charge is 2.44. The lowest BCUT2D eigenvalue weighted by atomic mass is 10.2. The van der Waals surface area contributed by atoms with Crippen molar-refractivity contribution in [1.82, 2.24) is 0 Å². The van der Waals surface area contributed by atoms with Gasteiger partial charge in [0, 0.05) is 12.2 Å². The number of nitrogens with zero attached hydrogens (tertiary/aromatic N) is 1. The van der Waals surface area contributed by atoms with Crippen molar-refractivity contribution in [2.24, 2.45) is 0 Å². The first-order chi connectivity index (χ1) is 7.39. The zero-order valence-corrected chi connectivity index (χ0v) is 8.01. The Morgan fingerprint density at radius 3 is 2.62 bits per heavy atom. The molecule has 0 radical (unpaired) electrons. The number of amides is 1. The van der Waals surface area contributed by atoms with E-state index in [2.05, 4.69) is 0 Å². The summed E-state index contributed by atoms with van der Waals surface area (Å²) in [4.78, 5) is 11.7. The normalized spacial score (nSPS) is 15.1. The molecule has 1 aliphatic rings. The minimum atomic E-state index is -4.89. The van der Waals surface area contributed by atoms with Gasteiger partial charge in [0.2, 0.25) is 0 Å². The largest absolute Gasteiger partial charge is 0.471 e. The topological polar surface area (TPSA) is 20.3 Å². The van der Waals surface area contributed by atoms with Gasteiger partial charge in [0.15, 0.2) is 0 Å². The molecule has 0 saturated carbocycles. The predicted octanol–water partition coefficient (Wildman–Crippen LogP) is 2.28. The molecular formula is C10H7F4NO. The third kappa shape index (κ3) is 1.75. The molecule has 16 heavy (non-hydrogen) atoms. The summed E-state index contributed by atoms with van der Waals surface area (Å²) in [6, 6.07) is 3.39. The van der Waals surface area contributed by atoms with E-state index < -0.39 is 17.9 Å². The Bertz CT molecular complexity index is 441. The van der Waals surface area contributed by atoms with Crippen molar-refractivity contribution in [2.75, 3.05) is 11.4 Å². The Balaban J connectivity index is 2.34. The first-order valence-corrected chi connectivity index (χ1v) is 4.57. The van der Waals surface area contributed by atoms with E-state index in [4.69, 9.17) is 0 Å². The van der Waals surface area contributed by atoms with Gasteiger partial charge in [-0.25, -0.2) is 4.39 Å². The van der Waals surface area contributed by atoms with Crippen LogP contribution in [0.15, 0.2) is 18.2 Å². The molecule has 1 aliphatic heterocycles. The van der Waals surface area contributed by atoms with Crippen molar-refractivity contribution in [3.63, 3.8) is 0 Å². The van der Waals surface area contributed by atoms with Gasteiger partial charge in [-0.1, -0.05) is 0 Å². The van der Waals surface area contributed by atoms with Crippen molar-refractivity contribution in [3.8, 4) is 0 Å². The summed E-state index contributed by atoms with van der Waals surface area (Å²) in [6.45, 7) is -0.0584. The summed E-state index contributed by atoms with van der Waals surface area (Å²) in [5.74, 6) is -2.42. The highest BCUT2D eigenvalue weighted by atomic mass is 19.4. The van der Waals surface area contributed by atoms with Gasteiger partial charge >= 0.3 is 12.1 Å². The molecule has 1 aromatic rings. The number of hydrogen-bond acceptors (Lipinski definition) is 1. The number of carbonyl (C=O) groups excluding carboxylic acids is 1. The first-order valence-electron chi connectivity index (χ1n) is 4.57. The Kier molecular flexibility index (Phi) is 2.36. The van der Waals surface area contributed by atoms with E-state index in [9.17, 15) is 22.4 Å². The fourth-order valence-corrected chi connectivity index (χ4v) is 1.73. The van der Waals surface area contributed by atoms with Crippen LogP contribution >= 0.6 is 0 Å². The average Bonchev–Trinajstić information content (AvgIpc) is 2.57. The Morgan fingerprint density at radius 2 is 2.00 bits per heavy atom. The number of carbonyl (C=O) groups is 1. The van der Waals surface area contributed by atoms with Crippen LogP contribution in [0.4, 0.5) is 23.2 Å². The van der Waals surface area contributed by atoms with Crippen molar-refractivity contribution in [3.05, 3.63) is 29.6 Å². The van der Waals surface area contributed by atoms with Gasteiger partial charge in [-0.15, -0.1) is 0 Å². The minimum Gasteiger partial charge on any atom is -0.304 e. The summed E-state index contributed by atoms with van der Waals surface area (Å²) >= 11 is 0. The summed E-state index contributed by atoms with van der Waals surface area (Å²) in [7, 11) is 0. The SMILES string of the molecule is O=C(N1CCc2cc(F)ccc21)C(F)(F)F. The predicted molar refractivity (Wildman–Crippen MR) is 48.5 cm³/mol. The van der Waals surface area contributed by atoms with E-state index in [1.54, 1.807) is 0 Å². The van der Waals surface area contributed by atoms with E-state index in [1.165, 1.54) is 6.07 Å². The number of halogens is 4. The Labute approximate surface area is 88.5 Å². The molecule has 0 N–H and O–H groups in total. The van der Waals surface area contributed by atoms with Crippen molar-refractivity contribution in [1.29, 1.82) is 0 Å². The molecule has 0 aliphatic carbocycles. The zero-order chi connectivity index (χ0) is 11.9. The van der Waals surface area contributed by atoms with Crippen LogP contribution in [0.2, 0.25) is 0 Å². The van der Waals surface area contributed by atoms with E-state index in [0.29, 0.717) is 10.5 Å². The highest BCUT2D eigenvalue weighted by molar-refractivity contribution is 5.99. The average molecular weight is 233 g/mol. The highest BCUT2D eigenvalue weighted by Crippen LogP contribution is 2.32. The second kappa shape index (κ2) is 3.47. The van der Waals surface area contributed by atoms with E-state index in [0.717, 1.165) is 12.1 Å². The number of hydrogen-bond donors (Lipinski definition) is 0. The molecule has 1 aromatic carbocycles. The summed E-state index contributed by atoms with van der Waals surface area (Å²) in [6.07, 6.45) is -4.65. The van der Waals surface area contributed by atoms with Crippen molar-refractivity contribution in [2.45, 2.75) is 12.6 Å². The summed E-state index contributed by atoms with van der Waals surface area (Å²) in [5, 5.41) is 0. The molecule has 0 atom stereocenters. The van der Waals surface area contributed by atoms with E-state index in [1.807, 2.05) is 0 Å². The van der Waals surface area contributed by atoms with E-state index in [-0.39, 0.29) is 18.7 Å². The van der Waals surface area contributed by atoms with Gasteiger partial charge in [0.25, 0.3) is 0 Å². The first kappa shape index (κ1) is 10.9. The van der Waals surface area contributed by atoms with Crippen LogP contribution < -0.4 is 4.90 Å². The fourth-order valence-electron chi connectivity index (χ4n) is 1.73. The molecule has 2 nitrogen and oxygen atoms in total. The maximum atomic E-state index is 12.8. The Hall–Kier alpha value is -1.59. The quantitative estimate of drug-likeness (QED) is 0.629. The molecule has 0 aromatic heterocycles. The van der Waals surface area contributed by atoms with Gasteiger partial charge < -0.3 is 4.90 Å². The van der Waals surface area contributed by atoms with E-state index >= 15 is 0 Å². The van der Waals surface area contributed by atoms with Crippen LogP contribution in [-0.4, -0.2) is 18.6 Å². The van der Waals surface area contributed by atoms with Crippen LogP contribution in [0.5, 0.6) is 0 Å². The summed E-state index contributed by atoms with van der Waals surface area (Å²) in [5.41, 5.74) is 0.571. The van der Waals surface area contributed by atoms with Crippen LogP contribution in [0.1, 0.15) is 5.56 Å². The maximum absolute atomic E-state index is 12.8. The molecule has 0 unspecified atom stereocenters. The second-order valence-corrected chi connectivity index (χ2v) is 3.48. The molecule has 86 valence electrons. The number of rotatable bonds is 0.